The Morgan fingerprint density at radius 1 is 1.19 bits per heavy atom. The number of anilines is 2. The van der Waals surface area contributed by atoms with Crippen molar-refractivity contribution in [2.24, 2.45) is 0 Å². The van der Waals surface area contributed by atoms with Gasteiger partial charge in [0.15, 0.2) is 5.11 Å². The lowest BCUT2D eigenvalue weighted by Gasteiger charge is -2.39. The van der Waals surface area contributed by atoms with Crippen molar-refractivity contribution >= 4 is 45.8 Å². The van der Waals surface area contributed by atoms with Crippen molar-refractivity contribution in [3.63, 3.8) is 0 Å². The highest BCUT2D eigenvalue weighted by Gasteiger charge is 2.36. The first-order chi connectivity index (χ1) is 16.8. The third-order valence-electron chi connectivity index (χ3n) is 5.55. The van der Waals surface area contributed by atoms with Gasteiger partial charge in [-0.3, -0.25) is 4.79 Å². The van der Waals surface area contributed by atoms with E-state index in [4.69, 9.17) is 17.5 Å². The predicted molar refractivity (Wildman–Crippen MR) is 132 cm³/mol. The van der Waals surface area contributed by atoms with Crippen LogP contribution in [0.5, 0.6) is 0 Å². The number of carbonyl (C=O) groups excluding carboxylic acids is 1. The average Bonchev–Trinajstić information content (AvgIpc) is 2.84. The molecule has 0 aliphatic carbocycles. The fourth-order valence-corrected chi connectivity index (χ4v) is 4.08. The van der Waals surface area contributed by atoms with E-state index in [2.05, 4.69) is 5.10 Å². The second-order valence-corrected chi connectivity index (χ2v) is 8.79. The molecule has 0 unspecified atom stereocenters. The van der Waals surface area contributed by atoms with Gasteiger partial charge in [0.05, 0.1) is 40.9 Å². The van der Waals surface area contributed by atoms with Crippen LogP contribution in [0.3, 0.4) is 0 Å². The van der Waals surface area contributed by atoms with Gasteiger partial charge in [-0.15, -0.1) is 0 Å². The molecule has 0 bridgehead atoms. The monoisotopic (exact) mass is 519 g/mol. The van der Waals surface area contributed by atoms with Gasteiger partial charge in [0.1, 0.15) is 13.0 Å². The Kier molecular flexibility index (Phi) is 7.45. The zero-order valence-corrected chi connectivity index (χ0v) is 20.3. The molecule has 188 valence electrons. The summed E-state index contributed by atoms with van der Waals surface area (Å²) in [6, 6.07) is 9.31. The number of nitriles is 1. The van der Waals surface area contributed by atoms with Crippen LogP contribution in [-0.2, 0) is 17.5 Å². The molecule has 0 aliphatic heterocycles. The van der Waals surface area contributed by atoms with Crippen LogP contribution in [-0.4, -0.2) is 40.4 Å². The molecule has 36 heavy (non-hydrogen) atoms. The van der Waals surface area contributed by atoms with Crippen LogP contribution in [0.15, 0.2) is 47.4 Å². The molecule has 1 heterocycles. The highest BCUT2D eigenvalue weighted by atomic mass is 32.1. The molecule has 3 aromatic rings. The summed E-state index contributed by atoms with van der Waals surface area (Å²) in [6.45, 7) is 2.19. The van der Waals surface area contributed by atoms with E-state index in [1.807, 2.05) is 0 Å². The van der Waals surface area contributed by atoms with Gasteiger partial charge >= 0.3 is 6.18 Å². The Morgan fingerprint density at radius 2 is 1.86 bits per heavy atom. The van der Waals surface area contributed by atoms with E-state index in [0.29, 0.717) is 17.4 Å². The van der Waals surface area contributed by atoms with Gasteiger partial charge in [-0.2, -0.15) is 23.5 Å². The zero-order chi connectivity index (χ0) is 26.8. The normalized spacial score (nSPS) is 11.7. The summed E-state index contributed by atoms with van der Waals surface area (Å²) in [4.78, 5) is 27.3. The van der Waals surface area contributed by atoms with Crippen LogP contribution < -0.4 is 15.4 Å². The van der Waals surface area contributed by atoms with E-state index in [-0.39, 0.29) is 22.7 Å². The maximum atomic E-state index is 13.5. The Hall–Kier alpha value is -3.85. The molecule has 0 N–H and O–H groups in total. The fraction of sp³-hybridized carbons (Fsp3) is 0.292. The lowest BCUT2D eigenvalue weighted by Crippen LogP contribution is -2.54. The van der Waals surface area contributed by atoms with Crippen molar-refractivity contribution < 1.29 is 22.4 Å². The SMILES string of the molecule is CN(C(=S)N(c1ccc2c(=O)n(CCF)ncc2c1)C(C)(C)C=O)c1ccc(C#N)c(C(F)(F)F)c1. The van der Waals surface area contributed by atoms with Crippen LogP contribution in [0.25, 0.3) is 10.8 Å². The van der Waals surface area contributed by atoms with E-state index >= 15 is 0 Å². The van der Waals surface area contributed by atoms with Crippen molar-refractivity contribution in [3.05, 3.63) is 64.1 Å². The van der Waals surface area contributed by atoms with Gasteiger partial charge in [-0.25, -0.2) is 9.07 Å². The summed E-state index contributed by atoms with van der Waals surface area (Å²) in [6.07, 6.45) is -2.74. The molecule has 2 aromatic carbocycles. The van der Waals surface area contributed by atoms with E-state index < -0.39 is 35.1 Å². The third-order valence-corrected chi connectivity index (χ3v) is 6.01. The van der Waals surface area contributed by atoms with Gasteiger partial charge in [0, 0.05) is 23.8 Å². The maximum absolute atomic E-state index is 13.5. The van der Waals surface area contributed by atoms with Crippen LogP contribution in [0.1, 0.15) is 25.0 Å². The van der Waals surface area contributed by atoms with Crippen LogP contribution >= 0.6 is 12.2 Å². The first-order valence-electron chi connectivity index (χ1n) is 10.6. The molecule has 0 fully saturated rings. The maximum Gasteiger partial charge on any atom is 0.417 e. The number of nitrogens with zero attached hydrogens (tertiary/aromatic N) is 5. The fourth-order valence-electron chi connectivity index (χ4n) is 3.63. The van der Waals surface area contributed by atoms with Gasteiger partial charge in [0.25, 0.3) is 5.56 Å². The lowest BCUT2D eigenvalue weighted by atomic mass is 10.0. The molecular weight excluding hydrogens is 498 g/mol. The molecular formula is C24H21F4N5O2S. The van der Waals surface area contributed by atoms with Crippen LogP contribution in [0.2, 0.25) is 0 Å². The second-order valence-electron chi connectivity index (χ2n) is 8.42. The number of fused-ring (bicyclic) bond motifs is 1. The predicted octanol–water partition coefficient (Wildman–Crippen LogP) is 4.46. The number of alkyl halides is 4. The van der Waals surface area contributed by atoms with Crippen molar-refractivity contribution in [1.82, 2.24) is 9.78 Å². The van der Waals surface area contributed by atoms with Crippen LogP contribution in [0, 0.1) is 11.3 Å². The van der Waals surface area contributed by atoms with Crippen LogP contribution in [0.4, 0.5) is 28.9 Å². The Labute approximate surface area is 209 Å². The Balaban J connectivity index is 2.11. The quantitative estimate of drug-likeness (QED) is 0.270. The topological polar surface area (TPSA) is 82.2 Å². The molecule has 12 heteroatoms. The number of aromatic nitrogens is 2. The first kappa shape index (κ1) is 26.7. The summed E-state index contributed by atoms with van der Waals surface area (Å²) >= 11 is 5.60. The Morgan fingerprint density at radius 3 is 2.44 bits per heavy atom. The van der Waals surface area contributed by atoms with Crippen molar-refractivity contribution in [2.45, 2.75) is 32.1 Å². The standard InChI is InChI=1S/C24H21F4N5O2S/c1-23(2,14-34)33(18-6-7-19-16(10-18)13-30-32(9-8-25)21(19)35)22(36)31(3)17-5-4-15(12-29)20(11-17)24(26,27)28/h4-7,10-11,13-14H,8-9H2,1-3H3. The number of benzene rings is 2. The van der Waals surface area contributed by atoms with E-state index in [1.54, 1.807) is 19.9 Å². The summed E-state index contributed by atoms with van der Waals surface area (Å²) < 4.78 is 54.2. The highest BCUT2D eigenvalue weighted by Crippen LogP contribution is 2.35. The number of aldehydes is 1. The van der Waals surface area contributed by atoms with Crippen molar-refractivity contribution in [1.29, 1.82) is 5.26 Å². The number of halogens is 4. The number of rotatable bonds is 6. The summed E-state index contributed by atoms with van der Waals surface area (Å²) in [5.41, 5.74) is -2.94. The van der Waals surface area contributed by atoms with Gasteiger partial charge in [-0.05, 0) is 62.5 Å². The number of aryl methyl sites for hydroxylation is 1. The van der Waals surface area contributed by atoms with Gasteiger partial charge in [0.2, 0.25) is 0 Å². The minimum atomic E-state index is -4.76. The molecule has 0 saturated carbocycles. The average molecular weight is 520 g/mol. The van der Waals surface area contributed by atoms with Crippen molar-refractivity contribution in [3.8, 4) is 6.07 Å². The van der Waals surface area contributed by atoms with E-state index in [9.17, 15) is 27.2 Å². The molecule has 0 aliphatic rings. The van der Waals surface area contributed by atoms with Gasteiger partial charge < -0.3 is 14.6 Å². The first-order valence-corrected chi connectivity index (χ1v) is 11.0. The number of hydrogen-bond donors (Lipinski definition) is 0. The second kappa shape index (κ2) is 10.0. The van der Waals surface area contributed by atoms with Crippen molar-refractivity contribution in [2.75, 3.05) is 23.5 Å². The minimum absolute atomic E-state index is 0.0111. The number of thiocarbonyl (C=S) groups is 1. The summed E-state index contributed by atoms with van der Waals surface area (Å²) in [7, 11) is 1.44. The smallest absolute Gasteiger partial charge is 0.322 e. The largest absolute Gasteiger partial charge is 0.417 e. The molecule has 0 radical (unpaired) electrons. The molecule has 3 rings (SSSR count). The zero-order valence-electron chi connectivity index (χ0n) is 19.5. The lowest BCUT2D eigenvalue weighted by molar-refractivity contribution is -0.137. The minimum Gasteiger partial charge on any atom is -0.322 e. The van der Waals surface area contributed by atoms with Gasteiger partial charge in [-0.1, -0.05) is 0 Å². The molecule has 1 aromatic heterocycles. The summed E-state index contributed by atoms with van der Waals surface area (Å²) in [5, 5.41) is 13.7. The summed E-state index contributed by atoms with van der Waals surface area (Å²) in [5.74, 6) is 0. The third kappa shape index (κ3) is 5.06. The Bertz CT molecular complexity index is 1430. The van der Waals surface area contributed by atoms with E-state index in [1.165, 1.54) is 47.3 Å². The number of hydrogen-bond acceptors (Lipinski definition) is 5. The number of carbonyl (C=O) groups is 1. The molecule has 7 nitrogen and oxygen atoms in total. The highest BCUT2D eigenvalue weighted by molar-refractivity contribution is 7.80. The molecule has 0 spiro atoms. The molecule has 0 saturated heterocycles. The molecule has 0 amide bonds. The molecule has 0 atom stereocenters. The van der Waals surface area contributed by atoms with E-state index in [0.717, 1.165) is 16.8 Å².